The van der Waals surface area contributed by atoms with Gasteiger partial charge in [-0.25, -0.2) is 0 Å². The maximum atomic E-state index is 13.3. The van der Waals surface area contributed by atoms with Gasteiger partial charge in [0.25, 0.3) is 5.91 Å². The molecule has 8 heteroatoms. The van der Waals surface area contributed by atoms with Gasteiger partial charge in [-0.2, -0.15) is 10.2 Å². The average molecular weight is 462 g/mol. The molecule has 32 heavy (non-hydrogen) atoms. The SMILES string of the molecule is Cc1cc(C/N=C(\N)C(/N=N/CCCO)C(=O)NC2C3(C)CCC(C3)C2(C)C)ccc1Cl. The monoisotopic (exact) mass is 461 g/mol. The summed E-state index contributed by atoms with van der Waals surface area (Å²) in [5.74, 6) is 0.480. The molecule has 2 saturated carbocycles. The molecule has 4 N–H and O–H groups in total. The van der Waals surface area contributed by atoms with Crippen LogP contribution in [-0.4, -0.2) is 42.1 Å². The van der Waals surface area contributed by atoms with Gasteiger partial charge in [0.2, 0.25) is 6.04 Å². The molecule has 0 radical (unpaired) electrons. The minimum Gasteiger partial charge on any atom is -0.396 e. The summed E-state index contributed by atoms with van der Waals surface area (Å²) in [6.45, 7) is 9.36. The maximum absolute atomic E-state index is 13.3. The molecule has 1 aromatic rings. The summed E-state index contributed by atoms with van der Waals surface area (Å²) in [6, 6.07) is 4.75. The number of halogens is 1. The highest BCUT2D eigenvalue weighted by atomic mass is 35.5. The number of nitrogens with two attached hydrogens (primary N) is 1. The molecular weight excluding hydrogens is 426 g/mol. The highest BCUT2D eigenvalue weighted by molar-refractivity contribution is 6.31. The Labute approximate surface area is 195 Å². The van der Waals surface area contributed by atoms with E-state index in [4.69, 9.17) is 22.4 Å². The molecule has 7 nitrogen and oxygen atoms in total. The van der Waals surface area contributed by atoms with Crippen molar-refractivity contribution in [3.8, 4) is 0 Å². The van der Waals surface area contributed by atoms with Crippen molar-refractivity contribution in [2.75, 3.05) is 13.2 Å². The fraction of sp³-hybridized carbons (Fsp3) is 0.667. The van der Waals surface area contributed by atoms with Crippen LogP contribution >= 0.6 is 11.6 Å². The number of aryl methyl sites for hydroxylation is 1. The van der Waals surface area contributed by atoms with Crippen molar-refractivity contribution in [2.45, 2.75) is 72.0 Å². The van der Waals surface area contributed by atoms with E-state index in [-0.39, 0.29) is 35.2 Å². The van der Waals surface area contributed by atoms with Crippen LogP contribution < -0.4 is 11.1 Å². The Kier molecular flexibility index (Phi) is 7.61. The molecule has 0 spiro atoms. The van der Waals surface area contributed by atoms with Crippen LogP contribution in [0.5, 0.6) is 0 Å². The molecule has 0 aromatic heterocycles. The number of benzene rings is 1. The molecule has 0 heterocycles. The summed E-state index contributed by atoms with van der Waals surface area (Å²) >= 11 is 6.10. The number of aliphatic hydroxyl groups excluding tert-OH is 1. The van der Waals surface area contributed by atoms with E-state index in [9.17, 15) is 4.79 Å². The van der Waals surface area contributed by atoms with Crippen molar-refractivity contribution in [1.29, 1.82) is 0 Å². The third-order valence-corrected chi connectivity index (χ3v) is 7.79. The molecule has 2 aliphatic rings. The van der Waals surface area contributed by atoms with Crippen molar-refractivity contribution < 1.29 is 9.90 Å². The number of rotatable bonds is 9. The van der Waals surface area contributed by atoms with E-state index in [0.29, 0.717) is 30.5 Å². The highest BCUT2D eigenvalue weighted by Crippen LogP contribution is 2.62. The zero-order valence-corrected chi connectivity index (χ0v) is 20.3. The third-order valence-electron chi connectivity index (χ3n) is 7.36. The molecule has 2 fully saturated rings. The van der Waals surface area contributed by atoms with Gasteiger partial charge in [0.15, 0.2) is 0 Å². The van der Waals surface area contributed by atoms with E-state index >= 15 is 0 Å². The van der Waals surface area contributed by atoms with E-state index in [2.05, 4.69) is 41.3 Å². The van der Waals surface area contributed by atoms with Gasteiger partial charge in [0, 0.05) is 17.7 Å². The summed E-state index contributed by atoms with van der Waals surface area (Å²) in [5.41, 5.74) is 8.29. The first-order valence-electron chi connectivity index (χ1n) is 11.4. The first kappa shape index (κ1) is 24.6. The van der Waals surface area contributed by atoms with Gasteiger partial charge in [-0.3, -0.25) is 9.79 Å². The number of carbonyl (C=O) groups is 1. The molecule has 3 rings (SSSR count). The van der Waals surface area contributed by atoms with E-state index in [1.54, 1.807) is 0 Å². The smallest absolute Gasteiger partial charge is 0.254 e. The first-order chi connectivity index (χ1) is 15.1. The van der Waals surface area contributed by atoms with Gasteiger partial charge in [-0.15, -0.1) is 0 Å². The van der Waals surface area contributed by atoms with Crippen LogP contribution in [-0.2, 0) is 11.3 Å². The molecule has 1 amide bonds. The average Bonchev–Trinajstić information content (AvgIpc) is 3.22. The number of azo groups is 1. The number of aliphatic imine (C=N–C) groups is 1. The van der Waals surface area contributed by atoms with Crippen molar-refractivity contribution in [1.82, 2.24) is 5.32 Å². The number of nitrogens with zero attached hydrogens (tertiary/aromatic N) is 3. The quantitative estimate of drug-likeness (QED) is 0.223. The minimum atomic E-state index is -0.986. The number of nitrogens with one attached hydrogen (secondary N) is 1. The summed E-state index contributed by atoms with van der Waals surface area (Å²) in [7, 11) is 0. The maximum Gasteiger partial charge on any atom is 0.254 e. The lowest BCUT2D eigenvalue weighted by atomic mass is 9.68. The van der Waals surface area contributed by atoms with Crippen molar-refractivity contribution in [3.63, 3.8) is 0 Å². The lowest BCUT2D eigenvalue weighted by Gasteiger charge is -2.43. The van der Waals surface area contributed by atoms with E-state index in [1.807, 2.05) is 25.1 Å². The van der Waals surface area contributed by atoms with Gasteiger partial charge in [-0.1, -0.05) is 44.5 Å². The van der Waals surface area contributed by atoms with E-state index < -0.39 is 6.04 Å². The predicted molar refractivity (Wildman–Crippen MR) is 128 cm³/mol. The van der Waals surface area contributed by atoms with Gasteiger partial charge in [0.1, 0.15) is 5.84 Å². The molecular formula is C24H36ClN5O2. The summed E-state index contributed by atoms with van der Waals surface area (Å²) < 4.78 is 0. The predicted octanol–water partition coefficient (Wildman–Crippen LogP) is 4.04. The molecule has 2 bridgehead atoms. The van der Waals surface area contributed by atoms with Gasteiger partial charge >= 0.3 is 0 Å². The Hall–Kier alpha value is -1.99. The van der Waals surface area contributed by atoms with Gasteiger partial charge < -0.3 is 16.2 Å². The van der Waals surface area contributed by atoms with Crippen LogP contribution in [0.3, 0.4) is 0 Å². The molecule has 0 saturated heterocycles. The molecule has 4 unspecified atom stereocenters. The van der Waals surface area contributed by atoms with E-state index in [0.717, 1.165) is 24.0 Å². The second-order valence-electron chi connectivity index (χ2n) is 10.1. The second kappa shape index (κ2) is 9.87. The molecule has 176 valence electrons. The zero-order valence-electron chi connectivity index (χ0n) is 19.6. The van der Waals surface area contributed by atoms with Crippen LogP contribution in [0.2, 0.25) is 5.02 Å². The number of fused-ring (bicyclic) bond motifs is 2. The fourth-order valence-electron chi connectivity index (χ4n) is 5.48. The topological polar surface area (TPSA) is 112 Å². The second-order valence-corrected chi connectivity index (χ2v) is 10.5. The third kappa shape index (κ3) is 5.15. The van der Waals surface area contributed by atoms with Gasteiger partial charge in [0.05, 0.1) is 13.1 Å². The first-order valence-corrected chi connectivity index (χ1v) is 11.8. The van der Waals surface area contributed by atoms with Crippen LogP contribution in [0.15, 0.2) is 33.4 Å². The standard InChI is InChI=1S/C24H36ClN5O2/c1-15-12-16(6-7-18(15)25)14-27-20(26)19(30-28-10-5-11-31)21(32)29-22-23(2,3)17-8-9-24(22,4)13-17/h6-7,12,17,19,22,31H,5,8-11,13-14H2,1-4H3,(H2,26,27)(H,29,32)/b30-28+. The Morgan fingerprint density at radius 2 is 2.12 bits per heavy atom. The molecule has 2 aliphatic carbocycles. The summed E-state index contributed by atoms with van der Waals surface area (Å²) in [4.78, 5) is 17.8. The van der Waals surface area contributed by atoms with Crippen molar-refractivity contribution in [3.05, 3.63) is 34.3 Å². The summed E-state index contributed by atoms with van der Waals surface area (Å²) in [5, 5.41) is 21.2. The van der Waals surface area contributed by atoms with Crippen LogP contribution in [0.1, 0.15) is 57.6 Å². The Balaban J connectivity index is 1.77. The lowest BCUT2D eigenvalue weighted by molar-refractivity contribution is -0.123. The number of carbonyl (C=O) groups excluding carboxylic acids is 1. The lowest BCUT2D eigenvalue weighted by Crippen LogP contribution is -2.56. The fourth-order valence-corrected chi connectivity index (χ4v) is 5.60. The number of aliphatic hydroxyl groups is 1. The minimum absolute atomic E-state index is 0.0192. The number of amides is 1. The van der Waals surface area contributed by atoms with E-state index in [1.165, 1.54) is 6.42 Å². The number of amidine groups is 1. The van der Waals surface area contributed by atoms with Gasteiger partial charge in [-0.05, 0) is 66.5 Å². The highest BCUT2D eigenvalue weighted by Gasteiger charge is 2.60. The number of hydrogen-bond donors (Lipinski definition) is 3. The normalized spacial score (nSPS) is 27.8. The number of hydrogen-bond acceptors (Lipinski definition) is 5. The summed E-state index contributed by atoms with van der Waals surface area (Å²) in [6.07, 6.45) is 3.94. The Morgan fingerprint density at radius 1 is 1.38 bits per heavy atom. The zero-order chi connectivity index (χ0) is 23.5. The van der Waals surface area contributed by atoms with Crippen molar-refractivity contribution >= 4 is 23.3 Å². The molecule has 0 aliphatic heterocycles. The van der Waals surface area contributed by atoms with Crippen LogP contribution in [0.25, 0.3) is 0 Å². The Bertz CT molecular complexity index is 896. The van der Waals surface area contributed by atoms with Crippen LogP contribution in [0, 0.1) is 23.7 Å². The Morgan fingerprint density at radius 3 is 2.75 bits per heavy atom. The van der Waals surface area contributed by atoms with Crippen LogP contribution in [0.4, 0.5) is 0 Å². The molecule has 4 atom stereocenters. The molecule has 1 aromatic carbocycles. The van der Waals surface area contributed by atoms with Crippen molar-refractivity contribution in [2.24, 2.45) is 37.7 Å². The largest absolute Gasteiger partial charge is 0.396 e.